The summed E-state index contributed by atoms with van der Waals surface area (Å²) < 4.78 is 15.4. The van der Waals surface area contributed by atoms with E-state index >= 15 is 0 Å². The first-order valence-electron chi connectivity index (χ1n) is 6.91. The van der Waals surface area contributed by atoms with E-state index in [1.807, 2.05) is 19.2 Å². The largest absolute Gasteiger partial charge is 0.319 e. The fraction of sp³-hybridized carbons (Fsp3) is 0.294. The van der Waals surface area contributed by atoms with E-state index in [1.54, 1.807) is 6.07 Å². The zero-order chi connectivity index (χ0) is 15.2. The van der Waals surface area contributed by atoms with Crippen LogP contribution in [0.3, 0.4) is 0 Å². The third-order valence-corrected chi connectivity index (χ3v) is 4.30. The summed E-state index contributed by atoms with van der Waals surface area (Å²) in [5, 5.41) is 3.23. The van der Waals surface area contributed by atoms with Crippen LogP contribution in [0, 0.1) is 11.7 Å². The second-order valence-corrected chi connectivity index (χ2v) is 7.07. The molecule has 21 heavy (non-hydrogen) atoms. The van der Waals surface area contributed by atoms with Crippen molar-refractivity contribution in [1.29, 1.82) is 0 Å². The van der Waals surface area contributed by atoms with E-state index in [1.165, 1.54) is 11.6 Å². The van der Waals surface area contributed by atoms with E-state index in [4.69, 9.17) is 0 Å². The Morgan fingerprint density at radius 1 is 1.00 bits per heavy atom. The minimum absolute atomic E-state index is 0.190. The normalized spacial score (nSPS) is 12.4. The molecule has 112 valence electrons. The summed E-state index contributed by atoms with van der Waals surface area (Å²) in [6.45, 7) is 0.903. The fourth-order valence-electron chi connectivity index (χ4n) is 2.56. The summed E-state index contributed by atoms with van der Waals surface area (Å²) in [7, 11) is 1.95. The number of nitrogens with one attached hydrogen (secondary N) is 1. The Balaban J connectivity index is 2.11. The molecule has 0 aliphatic carbocycles. The maximum absolute atomic E-state index is 13.5. The highest BCUT2D eigenvalue weighted by Crippen LogP contribution is 2.21. The third kappa shape index (κ3) is 5.53. The van der Waals surface area contributed by atoms with E-state index in [0.717, 1.165) is 33.9 Å². The van der Waals surface area contributed by atoms with Crippen molar-refractivity contribution in [1.82, 2.24) is 5.32 Å². The molecule has 0 spiro atoms. The number of rotatable bonds is 6. The molecule has 2 rings (SSSR count). The molecule has 1 nitrogen and oxygen atoms in total. The Morgan fingerprint density at radius 3 is 2.38 bits per heavy atom. The van der Waals surface area contributed by atoms with Crippen LogP contribution in [0.25, 0.3) is 0 Å². The molecule has 0 aliphatic heterocycles. The van der Waals surface area contributed by atoms with Gasteiger partial charge in [-0.05, 0) is 73.8 Å². The molecule has 1 N–H and O–H groups in total. The van der Waals surface area contributed by atoms with Crippen molar-refractivity contribution >= 4 is 31.9 Å². The lowest BCUT2D eigenvalue weighted by atomic mass is 9.92. The van der Waals surface area contributed by atoms with Crippen LogP contribution in [0.1, 0.15) is 11.1 Å². The van der Waals surface area contributed by atoms with Crippen molar-refractivity contribution in [2.75, 3.05) is 13.6 Å². The van der Waals surface area contributed by atoms with Crippen LogP contribution in [-0.4, -0.2) is 13.6 Å². The van der Waals surface area contributed by atoms with E-state index in [2.05, 4.69) is 55.4 Å². The highest BCUT2D eigenvalue weighted by Gasteiger charge is 2.11. The number of hydrogen-bond acceptors (Lipinski definition) is 1. The molecule has 0 radical (unpaired) electrons. The zero-order valence-electron chi connectivity index (χ0n) is 11.9. The highest BCUT2D eigenvalue weighted by atomic mass is 79.9. The number of halogens is 3. The van der Waals surface area contributed by atoms with Gasteiger partial charge in [-0.2, -0.15) is 0 Å². The molecule has 0 aliphatic rings. The predicted octanol–water partition coefficient (Wildman–Crippen LogP) is 4.97. The standard InChI is InChI=1S/C17H18Br2FN/c1-21-11-14(5-12-3-2-4-15(18)7-12)6-13-8-16(19)10-17(20)9-13/h2-4,7-10,14,21H,5-6,11H2,1H3. The van der Waals surface area contributed by atoms with E-state index in [0.29, 0.717) is 5.92 Å². The van der Waals surface area contributed by atoms with Gasteiger partial charge in [0.1, 0.15) is 5.82 Å². The fourth-order valence-corrected chi connectivity index (χ4v) is 3.52. The zero-order valence-corrected chi connectivity index (χ0v) is 15.0. The molecule has 0 saturated carbocycles. The lowest BCUT2D eigenvalue weighted by Crippen LogP contribution is -2.22. The lowest BCUT2D eigenvalue weighted by molar-refractivity contribution is 0.491. The predicted molar refractivity (Wildman–Crippen MR) is 93.1 cm³/mol. The van der Waals surface area contributed by atoms with Gasteiger partial charge in [-0.3, -0.25) is 0 Å². The monoisotopic (exact) mass is 413 g/mol. The minimum Gasteiger partial charge on any atom is -0.319 e. The number of benzene rings is 2. The van der Waals surface area contributed by atoms with E-state index in [-0.39, 0.29) is 5.82 Å². The second kappa shape index (κ2) is 8.06. The Kier molecular flexibility index (Phi) is 6.40. The van der Waals surface area contributed by atoms with Crippen LogP contribution in [0.5, 0.6) is 0 Å². The molecule has 2 aromatic carbocycles. The van der Waals surface area contributed by atoms with Crippen LogP contribution < -0.4 is 5.32 Å². The van der Waals surface area contributed by atoms with Gasteiger partial charge in [0.25, 0.3) is 0 Å². The lowest BCUT2D eigenvalue weighted by Gasteiger charge is -2.17. The molecule has 2 aromatic rings. The summed E-state index contributed by atoms with van der Waals surface area (Å²) >= 11 is 6.86. The molecule has 0 aromatic heterocycles. The topological polar surface area (TPSA) is 12.0 Å². The average Bonchev–Trinajstić information content (AvgIpc) is 2.37. The van der Waals surface area contributed by atoms with Crippen LogP contribution in [-0.2, 0) is 12.8 Å². The van der Waals surface area contributed by atoms with Crippen LogP contribution in [0.15, 0.2) is 51.4 Å². The molecule has 0 saturated heterocycles. The van der Waals surface area contributed by atoms with Gasteiger partial charge in [0, 0.05) is 8.95 Å². The van der Waals surface area contributed by atoms with Crippen LogP contribution in [0.2, 0.25) is 0 Å². The first kappa shape index (κ1) is 16.7. The SMILES string of the molecule is CNCC(Cc1cccc(Br)c1)Cc1cc(F)cc(Br)c1. The summed E-state index contributed by atoms with van der Waals surface area (Å²) in [4.78, 5) is 0. The van der Waals surface area contributed by atoms with Crippen LogP contribution >= 0.6 is 31.9 Å². The van der Waals surface area contributed by atoms with Crippen molar-refractivity contribution in [2.24, 2.45) is 5.92 Å². The first-order valence-corrected chi connectivity index (χ1v) is 8.49. The molecule has 4 heteroatoms. The van der Waals surface area contributed by atoms with Crippen molar-refractivity contribution in [3.63, 3.8) is 0 Å². The molecule has 0 heterocycles. The van der Waals surface area contributed by atoms with Crippen molar-refractivity contribution in [3.05, 3.63) is 68.4 Å². The average molecular weight is 415 g/mol. The maximum atomic E-state index is 13.5. The van der Waals surface area contributed by atoms with Gasteiger partial charge in [-0.1, -0.05) is 44.0 Å². The van der Waals surface area contributed by atoms with E-state index in [9.17, 15) is 4.39 Å². The molecule has 1 unspecified atom stereocenters. The summed E-state index contributed by atoms with van der Waals surface area (Å²) in [5.74, 6) is 0.239. The van der Waals surface area contributed by atoms with E-state index < -0.39 is 0 Å². The van der Waals surface area contributed by atoms with Gasteiger partial charge in [0.2, 0.25) is 0 Å². The Bertz CT molecular complexity index is 581. The number of hydrogen-bond donors (Lipinski definition) is 1. The van der Waals surface area contributed by atoms with Gasteiger partial charge >= 0.3 is 0 Å². The Morgan fingerprint density at radius 2 is 1.71 bits per heavy atom. The quantitative estimate of drug-likeness (QED) is 0.703. The summed E-state index contributed by atoms with van der Waals surface area (Å²) in [6.07, 6.45) is 1.82. The molecule has 0 amide bonds. The summed E-state index contributed by atoms with van der Waals surface area (Å²) in [5.41, 5.74) is 2.32. The minimum atomic E-state index is -0.190. The van der Waals surface area contributed by atoms with Crippen molar-refractivity contribution in [3.8, 4) is 0 Å². The van der Waals surface area contributed by atoms with Crippen molar-refractivity contribution in [2.45, 2.75) is 12.8 Å². The van der Waals surface area contributed by atoms with Gasteiger partial charge in [-0.15, -0.1) is 0 Å². The first-order chi connectivity index (χ1) is 10.1. The van der Waals surface area contributed by atoms with Crippen LogP contribution in [0.4, 0.5) is 4.39 Å². The second-order valence-electron chi connectivity index (χ2n) is 5.24. The third-order valence-electron chi connectivity index (χ3n) is 3.35. The molecular formula is C17H18Br2FN. The maximum Gasteiger partial charge on any atom is 0.124 e. The smallest absolute Gasteiger partial charge is 0.124 e. The highest BCUT2D eigenvalue weighted by molar-refractivity contribution is 9.10. The van der Waals surface area contributed by atoms with Gasteiger partial charge in [0.15, 0.2) is 0 Å². The Labute approximate surface area is 142 Å². The molecule has 0 fully saturated rings. The Hall–Kier alpha value is -0.710. The van der Waals surface area contributed by atoms with Gasteiger partial charge < -0.3 is 5.32 Å². The molecule has 0 bridgehead atoms. The molecular weight excluding hydrogens is 397 g/mol. The van der Waals surface area contributed by atoms with Crippen molar-refractivity contribution < 1.29 is 4.39 Å². The summed E-state index contributed by atoms with van der Waals surface area (Å²) in [6, 6.07) is 13.5. The molecule has 1 atom stereocenters. The van der Waals surface area contributed by atoms with Gasteiger partial charge in [-0.25, -0.2) is 4.39 Å². The van der Waals surface area contributed by atoms with Gasteiger partial charge in [0.05, 0.1) is 0 Å².